The summed E-state index contributed by atoms with van der Waals surface area (Å²) < 4.78 is 31.3. The van der Waals surface area contributed by atoms with Crippen LogP contribution in [-0.4, -0.2) is 43.9 Å². The van der Waals surface area contributed by atoms with Crippen LogP contribution in [0.4, 0.5) is 0 Å². The number of carboxylic acid groups (broad SMARTS) is 1. The molecule has 0 aliphatic heterocycles. The van der Waals surface area contributed by atoms with Crippen molar-refractivity contribution < 1.29 is 28.2 Å². The number of ether oxygens (including phenoxy) is 1. The first kappa shape index (κ1) is 17.4. The SMILES string of the molecule is CC(C)COc1ccc(S(=O)(=O)NC(CO)C(=O)O)cc1. The van der Waals surface area contributed by atoms with Crippen LogP contribution < -0.4 is 9.46 Å². The monoisotopic (exact) mass is 317 g/mol. The highest BCUT2D eigenvalue weighted by Gasteiger charge is 2.24. The molecule has 7 nitrogen and oxygen atoms in total. The average molecular weight is 317 g/mol. The number of benzene rings is 1. The maximum absolute atomic E-state index is 12.0. The topological polar surface area (TPSA) is 113 Å². The second-order valence-corrected chi connectivity index (χ2v) is 6.58. The molecule has 0 radical (unpaired) electrons. The second kappa shape index (κ2) is 7.39. The first-order chi connectivity index (χ1) is 9.76. The average Bonchev–Trinajstić information content (AvgIpc) is 2.42. The van der Waals surface area contributed by atoms with Crippen molar-refractivity contribution in [2.24, 2.45) is 5.92 Å². The Morgan fingerprint density at radius 1 is 1.29 bits per heavy atom. The molecule has 0 saturated heterocycles. The molecule has 0 aromatic heterocycles. The van der Waals surface area contributed by atoms with Gasteiger partial charge in [-0.3, -0.25) is 4.79 Å². The van der Waals surface area contributed by atoms with Crippen LogP contribution in [0.3, 0.4) is 0 Å². The van der Waals surface area contributed by atoms with E-state index in [4.69, 9.17) is 14.9 Å². The molecule has 0 saturated carbocycles. The summed E-state index contributed by atoms with van der Waals surface area (Å²) in [6.07, 6.45) is 0. The Labute approximate surface area is 123 Å². The highest BCUT2D eigenvalue weighted by Crippen LogP contribution is 2.16. The van der Waals surface area contributed by atoms with Gasteiger partial charge in [0.1, 0.15) is 11.8 Å². The summed E-state index contributed by atoms with van der Waals surface area (Å²) >= 11 is 0. The molecule has 0 aliphatic carbocycles. The molecule has 0 amide bonds. The summed E-state index contributed by atoms with van der Waals surface area (Å²) in [5.41, 5.74) is 0. The van der Waals surface area contributed by atoms with Crippen LogP contribution in [0.5, 0.6) is 5.75 Å². The van der Waals surface area contributed by atoms with Gasteiger partial charge in [-0.15, -0.1) is 0 Å². The number of aliphatic hydroxyl groups is 1. The number of hydrogen-bond acceptors (Lipinski definition) is 5. The van der Waals surface area contributed by atoms with Gasteiger partial charge in [-0.25, -0.2) is 8.42 Å². The maximum Gasteiger partial charge on any atom is 0.324 e. The van der Waals surface area contributed by atoms with Gasteiger partial charge in [0, 0.05) is 0 Å². The Bertz CT molecular complexity index is 567. The molecule has 21 heavy (non-hydrogen) atoms. The zero-order chi connectivity index (χ0) is 16.0. The van der Waals surface area contributed by atoms with E-state index in [1.54, 1.807) is 0 Å². The number of nitrogens with one attached hydrogen (secondary N) is 1. The molecule has 118 valence electrons. The lowest BCUT2D eigenvalue weighted by Crippen LogP contribution is -2.43. The Kier molecular flexibility index (Phi) is 6.13. The van der Waals surface area contributed by atoms with Gasteiger partial charge in [0.25, 0.3) is 0 Å². The van der Waals surface area contributed by atoms with Crippen molar-refractivity contribution in [2.75, 3.05) is 13.2 Å². The highest BCUT2D eigenvalue weighted by molar-refractivity contribution is 7.89. The Hall–Kier alpha value is -1.64. The fourth-order valence-electron chi connectivity index (χ4n) is 1.40. The molecular weight excluding hydrogens is 298 g/mol. The van der Waals surface area contributed by atoms with E-state index in [1.807, 2.05) is 18.6 Å². The molecule has 1 aromatic rings. The Morgan fingerprint density at radius 2 is 1.86 bits per heavy atom. The quantitative estimate of drug-likeness (QED) is 0.641. The number of carboxylic acids is 1. The first-order valence-corrected chi connectivity index (χ1v) is 7.83. The van der Waals surface area contributed by atoms with Crippen LogP contribution in [-0.2, 0) is 14.8 Å². The lowest BCUT2D eigenvalue weighted by Gasteiger charge is -2.13. The van der Waals surface area contributed by atoms with E-state index < -0.39 is 28.6 Å². The largest absolute Gasteiger partial charge is 0.493 e. The third-order valence-electron chi connectivity index (χ3n) is 2.50. The summed E-state index contributed by atoms with van der Waals surface area (Å²) in [6, 6.07) is 4.03. The molecule has 1 unspecified atom stereocenters. The minimum atomic E-state index is -4.01. The van der Waals surface area contributed by atoms with Gasteiger partial charge in [-0.05, 0) is 30.2 Å². The van der Waals surface area contributed by atoms with Gasteiger partial charge in [0.15, 0.2) is 0 Å². The predicted octanol–water partition coefficient (Wildman–Crippen LogP) is 0.445. The Balaban J connectivity index is 2.82. The third kappa shape index (κ3) is 5.33. The standard InChI is InChI=1S/C13H19NO6S/c1-9(2)8-20-10-3-5-11(6-4-10)21(18,19)14-12(7-15)13(16)17/h3-6,9,12,14-15H,7-8H2,1-2H3,(H,16,17). The molecule has 0 spiro atoms. The van der Waals surface area contributed by atoms with Crippen molar-refractivity contribution in [3.8, 4) is 5.75 Å². The molecule has 1 rings (SSSR count). The molecule has 1 atom stereocenters. The van der Waals surface area contributed by atoms with Gasteiger partial charge in [0.05, 0.1) is 18.1 Å². The molecule has 0 fully saturated rings. The van der Waals surface area contributed by atoms with Crippen molar-refractivity contribution in [1.29, 1.82) is 0 Å². The Morgan fingerprint density at radius 3 is 2.29 bits per heavy atom. The number of aliphatic carboxylic acids is 1. The van der Waals surface area contributed by atoms with Crippen LogP contribution >= 0.6 is 0 Å². The van der Waals surface area contributed by atoms with Crippen molar-refractivity contribution in [3.05, 3.63) is 24.3 Å². The minimum Gasteiger partial charge on any atom is -0.493 e. The summed E-state index contributed by atoms with van der Waals surface area (Å²) in [5.74, 6) is -0.575. The van der Waals surface area contributed by atoms with Gasteiger partial charge in [-0.1, -0.05) is 13.8 Å². The molecule has 0 bridgehead atoms. The van der Waals surface area contributed by atoms with Gasteiger partial charge in [0.2, 0.25) is 10.0 Å². The van der Waals surface area contributed by atoms with Crippen molar-refractivity contribution in [1.82, 2.24) is 4.72 Å². The smallest absolute Gasteiger partial charge is 0.324 e. The van der Waals surface area contributed by atoms with Gasteiger partial charge in [-0.2, -0.15) is 4.72 Å². The van der Waals surface area contributed by atoms with E-state index in [2.05, 4.69) is 0 Å². The number of carbonyl (C=O) groups is 1. The summed E-state index contributed by atoms with van der Waals surface area (Å²) in [5, 5.41) is 17.6. The van der Waals surface area contributed by atoms with Gasteiger partial charge >= 0.3 is 5.97 Å². The van der Waals surface area contributed by atoms with Crippen LogP contribution in [0.1, 0.15) is 13.8 Å². The minimum absolute atomic E-state index is 0.0981. The van der Waals surface area contributed by atoms with Crippen molar-refractivity contribution >= 4 is 16.0 Å². The molecule has 0 aliphatic rings. The maximum atomic E-state index is 12.0. The van der Waals surface area contributed by atoms with Crippen LogP contribution in [0.15, 0.2) is 29.2 Å². The van der Waals surface area contributed by atoms with E-state index in [0.717, 1.165) is 0 Å². The van der Waals surface area contributed by atoms with Gasteiger partial charge < -0.3 is 14.9 Å². The fraction of sp³-hybridized carbons (Fsp3) is 0.462. The van der Waals surface area contributed by atoms with Crippen molar-refractivity contribution in [3.63, 3.8) is 0 Å². The van der Waals surface area contributed by atoms with Crippen LogP contribution in [0, 0.1) is 5.92 Å². The fourth-order valence-corrected chi connectivity index (χ4v) is 2.58. The van der Waals surface area contributed by atoms with Crippen LogP contribution in [0.2, 0.25) is 0 Å². The normalized spacial score (nSPS) is 13.1. The summed E-state index contributed by atoms with van der Waals surface area (Å²) in [4.78, 5) is 10.6. The summed E-state index contributed by atoms with van der Waals surface area (Å²) in [7, 11) is -4.01. The lowest BCUT2D eigenvalue weighted by molar-refractivity contribution is -0.139. The first-order valence-electron chi connectivity index (χ1n) is 6.35. The number of hydrogen-bond donors (Lipinski definition) is 3. The zero-order valence-electron chi connectivity index (χ0n) is 11.8. The second-order valence-electron chi connectivity index (χ2n) is 4.87. The van der Waals surface area contributed by atoms with E-state index in [-0.39, 0.29) is 4.90 Å². The molecule has 8 heteroatoms. The molecule has 0 heterocycles. The zero-order valence-corrected chi connectivity index (χ0v) is 12.6. The third-order valence-corrected chi connectivity index (χ3v) is 3.98. The molecular formula is C13H19NO6S. The number of rotatable bonds is 8. The summed E-state index contributed by atoms with van der Waals surface area (Å²) in [6.45, 7) is 3.66. The van der Waals surface area contributed by atoms with Crippen molar-refractivity contribution in [2.45, 2.75) is 24.8 Å². The highest BCUT2D eigenvalue weighted by atomic mass is 32.2. The lowest BCUT2D eigenvalue weighted by atomic mass is 10.2. The van der Waals surface area contributed by atoms with Crippen LogP contribution in [0.25, 0.3) is 0 Å². The molecule has 3 N–H and O–H groups in total. The van der Waals surface area contributed by atoms with E-state index >= 15 is 0 Å². The van der Waals surface area contributed by atoms with E-state index in [9.17, 15) is 13.2 Å². The van der Waals surface area contributed by atoms with E-state index in [1.165, 1.54) is 24.3 Å². The van der Waals surface area contributed by atoms with E-state index in [0.29, 0.717) is 18.3 Å². The number of aliphatic hydroxyl groups excluding tert-OH is 1. The molecule has 1 aromatic carbocycles. The number of sulfonamides is 1. The predicted molar refractivity (Wildman–Crippen MR) is 75.6 cm³/mol.